The molecule has 1 amide bonds. The quantitative estimate of drug-likeness (QED) is 0.912. The minimum atomic E-state index is -0.287. The third-order valence-corrected chi connectivity index (χ3v) is 3.98. The van der Waals surface area contributed by atoms with E-state index in [-0.39, 0.29) is 18.0 Å². The van der Waals surface area contributed by atoms with Gasteiger partial charge in [-0.3, -0.25) is 9.48 Å². The molecule has 1 aliphatic heterocycles. The van der Waals surface area contributed by atoms with Crippen molar-refractivity contribution in [1.29, 1.82) is 0 Å². The number of hydrogen-bond acceptors (Lipinski definition) is 5. The monoisotopic (exact) mass is 300 g/mol. The second kappa shape index (κ2) is 6.55. The molecule has 2 aromatic heterocycles. The summed E-state index contributed by atoms with van der Waals surface area (Å²) >= 11 is 0. The molecule has 0 bridgehead atoms. The highest BCUT2D eigenvalue weighted by atomic mass is 16.2. The van der Waals surface area contributed by atoms with Gasteiger partial charge in [0.1, 0.15) is 6.04 Å². The number of hydrogen-bond donors (Lipinski definition) is 1. The molecule has 1 fully saturated rings. The van der Waals surface area contributed by atoms with E-state index >= 15 is 0 Å². The Bertz CT molecular complexity index is 592. The van der Waals surface area contributed by atoms with Crippen LogP contribution in [0, 0.1) is 0 Å². The summed E-state index contributed by atoms with van der Waals surface area (Å²) in [5.41, 5.74) is 0. The molecule has 0 unspecified atom stereocenters. The van der Waals surface area contributed by atoms with Gasteiger partial charge >= 0.3 is 0 Å². The maximum Gasteiger partial charge on any atom is 0.244 e. The van der Waals surface area contributed by atoms with E-state index in [0.717, 1.165) is 31.9 Å². The third-order valence-electron chi connectivity index (χ3n) is 3.98. The van der Waals surface area contributed by atoms with Crippen LogP contribution in [0.3, 0.4) is 0 Å². The molecule has 0 saturated carbocycles. The average Bonchev–Trinajstić information content (AvgIpc) is 3.10. The van der Waals surface area contributed by atoms with Crippen molar-refractivity contribution in [3.63, 3.8) is 0 Å². The molecule has 3 heterocycles. The van der Waals surface area contributed by atoms with E-state index in [1.807, 2.05) is 19.1 Å². The molecule has 7 heteroatoms. The molecule has 7 nitrogen and oxygen atoms in total. The summed E-state index contributed by atoms with van der Waals surface area (Å²) in [7, 11) is 0. The first-order valence-corrected chi connectivity index (χ1v) is 7.55. The zero-order valence-electron chi connectivity index (χ0n) is 12.6. The SMILES string of the molecule is C[C@@H](C(=O)NC1CCN(c2ncccn2)CC1)n1cccn1. The van der Waals surface area contributed by atoms with Crippen LogP contribution in [0.25, 0.3) is 0 Å². The molecule has 0 aliphatic carbocycles. The number of carbonyl (C=O) groups excluding carboxylic acids is 1. The predicted octanol–water partition coefficient (Wildman–Crippen LogP) is 1.02. The van der Waals surface area contributed by atoms with Gasteiger partial charge in [0.25, 0.3) is 0 Å². The minimum Gasteiger partial charge on any atom is -0.351 e. The molecule has 1 aliphatic rings. The van der Waals surface area contributed by atoms with Crippen molar-refractivity contribution >= 4 is 11.9 Å². The summed E-state index contributed by atoms with van der Waals surface area (Å²) < 4.78 is 1.67. The number of rotatable bonds is 4. The Kier molecular flexibility index (Phi) is 4.32. The van der Waals surface area contributed by atoms with Crippen LogP contribution in [0.2, 0.25) is 0 Å². The Labute approximate surface area is 129 Å². The number of piperidine rings is 1. The first-order chi connectivity index (χ1) is 10.7. The highest BCUT2D eigenvalue weighted by molar-refractivity contribution is 5.80. The Morgan fingerprint density at radius 2 is 1.95 bits per heavy atom. The Hall–Kier alpha value is -2.44. The Morgan fingerprint density at radius 1 is 1.23 bits per heavy atom. The average molecular weight is 300 g/mol. The maximum absolute atomic E-state index is 12.3. The minimum absolute atomic E-state index is 0.0121. The lowest BCUT2D eigenvalue weighted by atomic mass is 10.0. The van der Waals surface area contributed by atoms with Crippen molar-refractivity contribution in [2.24, 2.45) is 0 Å². The van der Waals surface area contributed by atoms with Crippen LogP contribution in [0.4, 0.5) is 5.95 Å². The molecular formula is C15H20N6O. The molecule has 0 aromatic carbocycles. The van der Waals surface area contributed by atoms with E-state index in [0.29, 0.717) is 0 Å². The lowest BCUT2D eigenvalue weighted by Gasteiger charge is -2.32. The zero-order valence-corrected chi connectivity index (χ0v) is 12.6. The van der Waals surface area contributed by atoms with Gasteiger partial charge in [-0.2, -0.15) is 5.10 Å². The van der Waals surface area contributed by atoms with Gasteiger partial charge in [-0.05, 0) is 31.9 Å². The summed E-state index contributed by atoms with van der Waals surface area (Å²) in [6.45, 7) is 3.56. The second-order valence-corrected chi connectivity index (χ2v) is 5.48. The van der Waals surface area contributed by atoms with Crippen molar-refractivity contribution < 1.29 is 4.79 Å². The summed E-state index contributed by atoms with van der Waals surface area (Å²) in [6, 6.07) is 3.55. The lowest BCUT2D eigenvalue weighted by molar-refractivity contribution is -0.125. The Balaban J connectivity index is 1.51. The fourth-order valence-corrected chi connectivity index (χ4v) is 2.63. The van der Waals surface area contributed by atoms with Crippen LogP contribution in [-0.4, -0.2) is 44.8 Å². The van der Waals surface area contributed by atoms with Crippen LogP contribution in [0.15, 0.2) is 36.9 Å². The van der Waals surface area contributed by atoms with E-state index in [1.54, 1.807) is 29.5 Å². The normalized spacial score (nSPS) is 17.2. The van der Waals surface area contributed by atoms with Gasteiger partial charge in [-0.1, -0.05) is 0 Å². The standard InChI is InChI=1S/C15H20N6O/c1-12(21-9-3-8-18-21)14(22)19-13-4-10-20(11-5-13)15-16-6-2-7-17-15/h2-3,6-9,12-13H,4-5,10-11H2,1H3,(H,19,22)/t12-/m0/s1. The smallest absolute Gasteiger partial charge is 0.244 e. The first-order valence-electron chi connectivity index (χ1n) is 7.55. The van der Waals surface area contributed by atoms with Crippen LogP contribution < -0.4 is 10.2 Å². The maximum atomic E-state index is 12.3. The summed E-state index contributed by atoms with van der Waals surface area (Å²) in [4.78, 5) is 22.9. The van der Waals surface area contributed by atoms with Gasteiger partial charge in [0.05, 0.1) is 0 Å². The van der Waals surface area contributed by atoms with Crippen LogP contribution >= 0.6 is 0 Å². The first kappa shape index (κ1) is 14.5. The van der Waals surface area contributed by atoms with Gasteiger partial charge in [0, 0.05) is 43.9 Å². The van der Waals surface area contributed by atoms with Gasteiger partial charge in [-0.25, -0.2) is 9.97 Å². The molecule has 2 aromatic rings. The van der Waals surface area contributed by atoms with Crippen LogP contribution in [0.1, 0.15) is 25.8 Å². The fourth-order valence-electron chi connectivity index (χ4n) is 2.63. The zero-order chi connectivity index (χ0) is 15.4. The van der Waals surface area contributed by atoms with Gasteiger partial charge in [0.2, 0.25) is 11.9 Å². The number of amides is 1. The number of nitrogens with one attached hydrogen (secondary N) is 1. The lowest BCUT2D eigenvalue weighted by Crippen LogP contribution is -2.46. The molecule has 1 atom stereocenters. The summed E-state index contributed by atoms with van der Waals surface area (Å²) in [5, 5.41) is 7.22. The topological polar surface area (TPSA) is 75.9 Å². The van der Waals surface area contributed by atoms with Crippen molar-refractivity contribution in [2.45, 2.75) is 31.8 Å². The number of nitrogens with zero attached hydrogens (tertiary/aromatic N) is 5. The fraction of sp³-hybridized carbons (Fsp3) is 0.467. The number of aromatic nitrogens is 4. The largest absolute Gasteiger partial charge is 0.351 e. The number of anilines is 1. The molecule has 1 saturated heterocycles. The van der Waals surface area contributed by atoms with Crippen molar-refractivity contribution in [3.05, 3.63) is 36.9 Å². The van der Waals surface area contributed by atoms with Gasteiger partial charge in [0.15, 0.2) is 0 Å². The molecule has 0 spiro atoms. The van der Waals surface area contributed by atoms with Crippen molar-refractivity contribution in [1.82, 2.24) is 25.1 Å². The van der Waals surface area contributed by atoms with E-state index in [4.69, 9.17) is 0 Å². The van der Waals surface area contributed by atoms with E-state index in [1.165, 1.54) is 0 Å². The van der Waals surface area contributed by atoms with E-state index in [9.17, 15) is 4.79 Å². The van der Waals surface area contributed by atoms with Gasteiger partial charge in [-0.15, -0.1) is 0 Å². The molecule has 3 rings (SSSR count). The molecule has 22 heavy (non-hydrogen) atoms. The molecule has 0 radical (unpaired) electrons. The van der Waals surface area contributed by atoms with E-state index < -0.39 is 0 Å². The predicted molar refractivity (Wildman–Crippen MR) is 82.3 cm³/mol. The molecular weight excluding hydrogens is 280 g/mol. The van der Waals surface area contributed by atoms with Crippen LogP contribution in [-0.2, 0) is 4.79 Å². The summed E-state index contributed by atoms with van der Waals surface area (Å²) in [6.07, 6.45) is 8.79. The third kappa shape index (κ3) is 3.24. The Morgan fingerprint density at radius 3 is 2.59 bits per heavy atom. The highest BCUT2D eigenvalue weighted by Gasteiger charge is 2.24. The van der Waals surface area contributed by atoms with Crippen molar-refractivity contribution in [3.8, 4) is 0 Å². The van der Waals surface area contributed by atoms with Gasteiger partial charge < -0.3 is 10.2 Å². The second-order valence-electron chi connectivity index (χ2n) is 5.48. The number of carbonyl (C=O) groups is 1. The molecule has 1 N–H and O–H groups in total. The molecule has 116 valence electrons. The van der Waals surface area contributed by atoms with E-state index in [2.05, 4.69) is 25.3 Å². The van der Waals surface area contributed by atoms with Crippen molar-refractivity contribution in [2.75, 3.05) is 18.0 Å². The summed E-state index contributed by atoms with van der Waals surface area (Å²) in [5.74, 6) is 0.773. The highest BCUT2D eigenvalue weighted by Crippen LogP contribution is 2.16. The van der Waals surface area contributed by atoms with Crippen LogP contribution in [0.5, 0.6) is 0 Å².